The van der Waals surface area contributed by atoms with Crippen molar-refractivity contribution in [3.05, 3.63) is 35.4 Å². The van der Waals surface area contributed by atoms with Gasteiger partial charge in [0.2, 0.25) is 0 Å². The number of carbonyl (C=O) groups is 1. The summed E-state index contributed by atoms with van der Waals surface area (Å²) in [7, 11) is 0. The van der Waals surface area contributed by atoms with E-state index >= 15 is 0 Å². The van der Waals surface area contributed by atoms with Crippen LogP contribution >= 0.6 is 0 Å². The fourth-order valence-electron chi connectivity index (χ4n) is 1.58. The summed E-state index contributed by atoms with van der Waals surface area (Å²) in [6.45, 7) is 5.50. The lowest BCUT2D eigenvalue weighted by atomic mass is 9.92. The van der Waals surface area contributed by atoms with Crippen LogP contribution in [0.1, 0.15) is 49.5 Å². The second kappa shape index (κ2) is 5.26. The normalized spacial score (nSPS) is 14.5. The quantitative estimate of drug-likeness (QED) is 0.774. The van der Waals surface area contributed by atoms with Crippen LogP contribution < -0.4 is 0 Å². The van der Waals surface area contributed by atoms with E-state index in [1.54, 1.807) is 19.1 Å². The molecule has 0 amide bonds. The highest BCUT2D eigenvalue weighted by Gasteiger charge is 2.28. The van der Waals surface area contributed by atoms with Crippen molar-refractivity contribution in [1.29, 1.82) is 0 Å². The van der Waals surface area contributed by atoms with Gasteiger partial charge in [-0.2, -0.15) is 0 Å². The Morgan fingerprint density at radius 2 is 1.81 bits per heavy atom. The predicted molar refractivity (Wildman–Crippen MR) is 65.7 cm³/mol. The molecule has 1 unspecified atom stereocenters. The fraction of sp³-hybridized carbons (Fsp3) is 0.500. The number of aliphatic hydroxyl groups is 1. The van der Waals surface area contributed by atoms with Gasteiger partial charge < -0.3 is 5.11 Å². The summed E-state index contributed by atoms with van der Waals surface area (Å²) < 4.78 is 0. The summed E-state index contributed by atoms with van der Waals surface area (Å²) in [5.74, 6) is -0.196. The zero-order valence-electron chi connectivity index (χ0n) is 10.3. The molecule has 0 fully saturated rings. The molecule has 2 heteroatoms. The van der Waals surface area contributed by atoms with E-state index in [1.807, 2.05) is 19.1 Å². The molecule has 0 aliphatic rings. The van der Waals surface area contributed by atoms with E-state index in [1.165, 1.54) is 5.56 Å². The third-order valence-corrected chi connectivity index (χ3v) is 2.93. The van der Waals surface area contributed by atoms with Gasteiger partial charge in [-0.3, -0.25) is 4.79 Å². The summed E-state index contributed by atoms with van der Waals surface area (Å²) in [6.07, 6.45) is 2.56. The average Bonchev–Trinajstić information content (AvgIpc) is 2.29. The number of aryl methyl sites for hydroxylation is 1. The van der Waals surface area contributed by atoms with Crippen LogP contribution in [0.4, 0.5) is 0 Å². The van der Waals surface area contributed by atoms with Gasteiger partial charge in [-0.15, -0.1) is 0 Å². The number of hydrogen-bond donors (Lipinski definition) is 1. The van der Waals surface area contributed by atoms with Crippen LogP contribution in [-0.2, 0) is 6.42 Å². The number of hydrogen-bond acceptors (Lipinski definition) is 2. The van der Waals surface area contributed by atoms with E-state index in [0.29, 0.717) is 12.0 Å². The monoisotopic (exact) mass is 220 g/mol. The van der Waals surface area contributed by atoms with Gasteiger partial charge in [-0.05, 0) is 25.3 Å². The van der Waals surface area contributed by atoms with E-state index in [4.69, 9.17) is 0 Å². The third kappa shape index (κ3) is 2.92. The first-order chi connectivity index (χ1) is 7.51. The number of ketones is 1. The molecule has 0 spiro atoms. The van der Waals surface area contributed by atoms with E-state index in [2.05, 4.69) is 6.92 Å². The molecule has 1 aromatic rings. The molecule has 88 valence electrons. The molecule has 2 nitrogen and oxygen atoms in total. The average molecular weight is 220 g/mol. The van der Waals surface area contributed by atoms with Crippen LogP contribution in [0, 0.1) is 0 Å². The van der Waals surface area contributed by atoms with E-state index in [0.717, 1.165) is 12.8 Å². The lowest BCUT2D eigenvalue weighted by Gasteiger charge is -2.19. The number of Topliss-reactive ketones (excluding diaryl/α,β-unsaturated/α-hetero) is 1. The van der Waals surface area contributed by atoms with Gasteiger partial charge in [0.05, 0.1) is 0 Å². The van der Waals surface area contributed by atoms with Gasteiger partial charge >= 0.3 is 0 Å². The van der Waals surface area contributed by atoms with Gasteiger partial charge in [0.1, 0.15) is 5.60 Å². The highest BCUT2D eigenvalue weighted by molar-refractivity contribution is 6.01. The summed E-state index contributed by atoms with van der Waals surface area (Å²) in [6, 6.07) is 7.53. The number of benzene rings is 1. The second-order valence-electron chi connectivity index (χ2n) is 4.40. The van der Waals surface area contributed by atoms with Gasteiger partial charge in [-0.1, -0.05) is 44.5 Å². The van der Waals surface area contributed by atoms with Crippen molar-refractivity contribution in [1.82, 2.24) is 0 Å². The Balaban J connectivity index is 2.86. The molecule has 0 aromatic heterocycles. The third-order valence-electron chi connectivity index (χ3n) is 2.93. The predicted octanol–water partition coefficient (Wildman–Crippen LogP) is 2.98. The summed E-state index contributed by atoms with van der Waals surface area (Å²) in [5, 5.41) is 9.87. The molecule has 0 saturated carbocycles. The molecule has 0 aliphatic carbocycles. The molecule has 1 aromatic carbocycles. The zero-order chi connectivity index (χ0) is 12.2. The Morgan fingerprint density at radius 3 is 2.25 bits per heavy atom. The zero-order valence-corrected chi connectivity index (χ0v) is 10.3. The molecular weight excluding hydrogens is 200 g/mol. The minimum absolute atomic E-state index is 0.196. The Kier molecular flexibility index (Phi) is 4.25. The van der Waals surface area contributed by atoms with Crippen LogP contribution in [0.2, 0.25) is 0 Å². The lowest BCUT2D eigenvalue weighted by Crippen LogP contribution is -2.34. The molecule has 1 rings (SSSR count). The highest BCUT2D eigenvalue weighted by atomic mass is 16.3. The van der Waals surface area contributed by atoms with Gasteiger partial charge in [0.15, 0.2) is 5.78 Å². The summed E-state index contributed by atoms with van der Waals surface area (Å²) in [4.78, 5) is 11.9. The van der Waals surface area contributed by atoms with Crippen LogP contribution in [-0.4, -0.2) is 16.5 Å². The highest BCUT2D eigenvalue weighted by Crippen LogP contribution is 2.17. The van der Waals surface area contributed by atoms with Crippen LogP contribution in [0.15, 0.2) is 24.3 Å². The van der Waals surface area contributed by atoms with Crippen molar-refractivity contribution in [2.75, 3.05) is 0 Å². The molecule has 1 N–H and O–H groups in total. The standard InChI is InChI=1S/C14H20O2/c1-4-6-11-7-9-12(10-8-11)13(15)14(3,16)5-2/h7-10,16H,4-6H2,1-3H3. The first-order valence-corrected chi connectivity index (χ1v) is 5.87. The van der Waals surface area contributed by atoms with Gasteiger partial charge in [0.25, 0.3) is 0 Å². The van der Waals surface area contributed by atoms with Crippen molar-refractivity contribution in [2.45, 2.75) is 45.6 Å². The van der Waals surface area contributed by atoms with Crippen molar-refractivity contribution in [3.8, 4) is 0 Å². The largest absolute Gasteiger partial charge is 0.382 e. The maximum atomic E-state index is 11.9. The summed E-state index contributed by atoms with van der Waals surface area (Å²) in [5.41, 5.74) is 0.577. The maximum Gasteiger partial charge on any atom is 0.194 e. The number of carbonyl (C=O) groups excluding carboxylic acids is 1. The molecule has 0 saturated heterocycles. The Labute approximate surface area is 97.3 Å². The summed E-state index contributed by atoms with van der Waals surface area (Å²) >= 11 is 0. The second-order valence-corrected chi connectivity index (χ2v) is 4.40. The molecule has 0 bridgehead atoms. The van der Waals surface area contributed by atoms with E-state index in [-0.39, 0.29) is 5.78 Å². The Hall–Kier alpha value is -1.15. The lowest BCUT2D eigenvalue weighted by molar-refractivity contribution is 0.0390. The molecule has 16 heavy (non-hydrogen) atoms. The SMILES string of the molecule is CCCc1ccc(C(=O)C(C)(O)CC)cc1. The fourth-order valence-corrected chi connectivity index (χ4v) is 1.58. The molecule has 0 aliphatic heterocycles. The first-order valence-electron chi connectivity index (χ1n) is 5.87. The van der Waals surface area contributed by atoms with Gasteiger partial charge in [0, 0.05) is 5.56 Å². The molecule has 0 heterocycles. The van der Waals surface area contributed by atoms with Crippen LogP contribution in [0.5, 0.6) is 0 Å². The Bertz CT molecular complexity index is 350. The topological polar surface area (TPSA) is 37.3 Å². The van der Waals surface area contributed by atoms with Crippen molar-refractivity contribution in [2.24, 2.45) is 0 Å². The smallest absolute Gasteiger partial charge is 0.194 e. The molecular formula is C14H20O2. The van der Waals surface area contributed by atoms with Crippen LogP contribution in [0.3, 0.4) is 0 Å². The molecule has 0 radical (unpaired) electrons. The van der Waals surface area contributed by atoms with Crippen molar-refractivity contribution < 1.29 is 9.90 Å². The van der Waals surface area contributed by atoms with E-state index in [9.17, 15) is 9.90 Å². The number of rotatable bonds is 5. The first kappa shape index (κ1) is 12.9. The molecule has 1 atom stereocenters. The van der Waals surface area contributed by atoms with Crippen LogP contribution in [0.25, 0.3) is 0 Å². The van der Waals surface area contributed by atoms with Gasteiger partial charge in [-0.25, -0.2) is 0 Å². The van der Waals surface area contributed by atoms with E-state index < -0.39 is 5.60 Å². The Morgan fingerprint density at radius 1 is 1.25 bits per heavy atom. The van der Waals surface area contributed by atoms with Crippen molar-refractivity contribution >= 4 is 5.78 Å². The minimum Gasteiger partial charge on any atom is -0.382 e. The van der Waals surface area contributed by atoms with Crippen molar-refractivity contribution in [3.63, 3.8) is 0 Å². The minimum atomic E-state index is -1.24. The maximum absolute atomic E-state index is 11.9.